The summed E-state index contributed by atoms with van der Waals surface area (Å²) in [6.07, 6.45) is 20.7. The number of allylic oxidation sites excluding steroid dienone is 2. The van der Waals surface area contributed by atoms with Gasteiger partial charge in [-0.15, -0.1) is 0 Å². The molecule has 0 aliphatic heterocycles. The maximum absolute atomic E-state index is 11.8. The van der Waals surface area contributed by atoms with Crippen LogP contribution in [0.4, 0.5) is 34.1 Å². The molecule has 0 saturated heterocycles. The molecule has 0 radical (unpaired) electrons. The summed E-state index contributed by atoms with van der Waals surface area (Å²) in [5.74, 6) is 1.77. The number of nitro groups is 2. The zero-order valence-electron chi connectivity index (χ0n) is 53.7. The summed E-state index contributed by atoms with van der Waals surface area (Å²) in [5.41, 5.74) is 13.7. The molecule has 0 bridgehead atoms. The SMILES string of the molecule is CC(=O)/C=C(\C)c1ccc(N(CC(C)C)C2CCCCC2)c([N+](=O)[O-])c1.CC(=O)C[C@H](C)c1ccc(N(CC(C)C)C2CCCCC2)c(N)c1.CC(=O)C[C@H](C)c1ccc(N(CC(C)C)C2CCCCC2)c([N+](=O)[O-])c1.CCOC(C)=O.S.S. The predicted octanol–water partition coefficient (Wildman–Crippen LogP) is 16.8. The number of carbonyl (C=O) groups is 4. The second-order valence-electron chi connectivity index (χ2n) is 24.8. The van der Waals surface area contributed by atoms with E-state index in [-0.39, 0.29) is 83.4 Å². The number of ketones is 3. The minimum absolute atomic E-state index is 0. The van der Waals surface area contributed by atoms with Crippen molar-refractivity contribution in [3.8, 4) is 0 Å². The van der Waals surface area contributed by atoms with E-state index in [4.69, 9.17) is 5.73 Å². The maximum Gasteiger partial charge on any atom is 0.302 e. The van der Waals surface area contributed by atoms with Crippen LogP contribution in [0.15, 0.2) is 60.7 Å². The third kappa shape index (κ3) is 26.5. The first kappa shape index (κ1) is 76.6. The normalized spacial score (nSPS) is 15.5. The molecule has 17 heteroatoms. The van der Waals surface area contributed by atoms with E-state index in [9.17, 15) is 39.4 Å². The van der Waals surface area contributed by atoms with Crippen molar-refractivity contribution in [1.29, 1.82) is 0 Å². The third-order valence-electron chi connectivity index (χ3n) is 15.6. The van der Waals surface area contributed by atoms with Gasteiger partial charge in [0.05, 0.1) is 27.8 Å². The predicted molar refractivity (Wildman–Crippen MR) is 359 cm³/mol. The van der Waals surface area contributed by atoms with Crippen molar-refractivity contribution >= 4 is 90.0 Å². The van der Waals surface area contributed by atoms with E-state index in [2.05, 4.69) is 86.1 Å². The van der Waals surface area contributed by atoms with E-state index in [1.165, 1.54) is 102 Å². The Labute approximate surface area is 519 Å². The highest BCUT2D eigenvalue weighted by molar-refractivity contribution is 7.59. The Morgan fingerprint density at radius 2 is 0.893 bits per heavy atom. The number of nitrogen functional groups attached to an aromatic ring is 1. The Balaban J connectivity index is 0.000000593. The van der Waals surface area contributed by atoms with Crippen LogP contribution in [0.25, 0.3) is 5.57 Å². The molecule has 15 nitrogen and oxygen atoms in total. The molecule has 3 aromatic carbocycles. The van der Waals surface area contributed by atoms with Crippen LogP contribution in [0, 0.1) is 38.0 Å². The Morgan fingerprint density at radius 3 is 1.20 bits per heavy atom. The highest BCUT2D eigenvalue weighted by Gasteiger charge is 2.31. The highest BCUT2D eigenvalue weighted by Crippen LogP contribution is 2.39. The molecule has 3 aliphatic rings. The molecular formula is C67H108N6O9S2. The number of esters is 1. The number of Topliss-reactive ketones (excluding diaryl/α,β-unsaturated/α-hetero) is 2. The van der Waals surface area contributed by atoms with Gasteiger partial charge in [0.15, 0.2) is 5.78 Å². The van der Waals surface area contributed by atoms with Gasteiger partial charge in [0.25, 0.3) is 11.4 Å². The first-order chi connectivity index (χ1) is 38.7. The molecule has 3 aromatic rings. The molecule has 2 N–H and O–H groups in total. The number of ether oxygens (including phenoxy) is 1. The molecule has 84 heavy (non-hydrogen) atoms. The van der Waals surface area contributed by atoms with E-state index < -0.39 is 0 Å². The number of nitrogens with zero attached hydrogens (tertiary/aromatic N) is 5. The summed E-state index contributed by atoms with van der Waals surface area (Å²) in [6, 6.07) is 18.7. The third-order valence-corrected chi connectivity index (χ3v) is 15.6. The van der Waals surface area contributed by atoms with Crippen molar-refractivity contribution in [1.82, 2.24) is 0 Å². The second kappa shape index (κ2) is 39.3. The number of nitro benzene ring substituents is 2. The van der Waals surface area contributed by atoms with Crippen LogP contribution in [0.1, 0.15) is 235 Å². The Kier molecular flexibility index (Phi) is 35.8. The van der Waals surface area contributed by atoms with E-state index in [1.807, 2.05) is 38.1 Å². The summed E-state index contributed by atoms with van der Waals surface area (Å²) < 4.78 is 4.40. The summed E-state index contributed by atoms with van der Waals surface area (Å²) in [7, 11) is 0. The van der Waals surface area contributed by atoms with Crippen molar-refractivity contribution in [2.24, 2.45) is 17.8 Å². The molecule has 3 saturated carbocycles. The van der Waals surface area contributed by atoms with Gasteiger partial charge < -0.3 is 34.8 Å². The lowest BCUT2D eigenvalue weighted by molar-refractivity contribution is -0.384. The fraction of sp³-hybridized carbons (Fsp3) is 0.642. The van der Waals surface area contributed by atoms with Crippen LogP contribution >= 0.6 is 27.0 Å². The van der Waals surface area contributed by atoms with Gasteiger partial charge in [0, 0.05) is 69.7 Å². The maximum atomic E-state index is 11.8. The zero-order valence-corrected chi connectivity index (χ0v) is 55.7. The fourth-order valence-corrected chi connectivity index (χ4v) is 11.9. The lowest BCUT2D eigenvalue weighted by Gasteiger charge is -2.38. The van der Waals surface area contributed by atoms with Crippen LogP contribution in [0.5, 0.6) is 0 Å². The zero-order chi connectivity index (χ0) is 61.2. The molecule has 472 valence electrons. The smallest absolute Gasteiger partial charge is 0.302 e. The van der Waals surface area contributed by atoms with E-state index in [0.29, 0.717) is 61.0 Å². The van der Waals surface area contributed by atoms with E-state index in [1.54, 1.807) is 32.9 Å². The number of carbonyl (C=O) groups excluding carboxylic acids is 4. The number of nitrogens with two attached hydrogens (primary N) is 1. The van der Waals surface area contributed by atoms with Gasteiger partial charge in [-0.25, -0.2) is 0 Å². The molecule has 0 heterocycles. The van der Waals surface area contributed by atoms with E-state index in [0.717, 1.165) is 73.4 Å². The Bertz CT molecular complexity index is 2550. The summed E-state index contributed by atoms with van der Waals surface area (Å²) >= 11 is 0. The molecule has 0 spiro atoms. The van der Waals surface area contributed by atoms with Crippen LogP contribution in [0.3, 0.4) is 0 Å². The van der Waals surface area contributed by atoms with Crippen molar-refractivity contribution < 1.29 is 33.8 Å². The quantitative estimate of drug-likeness (QED) is 0.0309. The number of hydrogen-bond acceptors (Lipinski definition) is 13. The summed E-state index contributed by atoms with van der Waals surface area (Å²) in [5, 5.41) is 23.6. The molecule has 2 atom stereocenters. The van der Waals surface area contributed by atoms with Crippen LogP contribution in [0.2, 0.25) is 0 Å². The van der Waals surface area contributed by atoms with Crippen LogP contribution < -0.4 is 20.4 Å². The molecule has 0 amide bonds. The highest BCUT2D eigenvalue weighted by atomic mass is 32.1. The lowest BCUT2D eigenvalue weighted by atomic mass is 9.91. The lowest BCUT2D eigenvalue weighted by Crippen LogP contribution is -2.39. The molecule has 0 aromatic heterocycles. The Hall–Kier alpha value is -5.42. The number of hydrogen-bond donors (Lipinski definition) is 1. The van der Waals surface area contributed by atoms with Crippen LogP contribution in [-0.2, 0) is 23.9 Å². The fourth-order valence-electron chi connectivity index (χ4n) is 11.9. The molecule has 3 aliphatic carbocycles. The minimum Gasteiger partial charge on any atom is -0.466 e. The van der Waals surface area contributed by atoms with Gasteiger partial charge in [-0.1, -0.05) is 131 Å². The largest absolute Gasteiger partial charge is 0.466 e. The molecular weight excluding hydrogens is 1100 g/mol. The van der Waals surface area contributed by atoms with Gasteiger partial charge in [0.2, 0.25) is 0 Å². The van der Waals surface area contributed by atoms with Crippen molar-refractivity contribution in [3.63, 3.8) is 0 Å². The van der Waals surface area contributed by atoms with E-state index >= 15 is 0 Å². The van der Waals surface area contributed by atoms with Gasteiger partial charge in [-0.2, -0.15) is 27.0 Å². The molecule has 0 unspecified atom stereocenters. The number of rotatable bonds is 23. The topological polar surface area (TPSA) is 200 Å². The minimum atomic E-state index is -0.296. The Morgan fingerprint density at radius 1 is 0.548 bits per heavy atom. The average Bonchev–Trinajstić information content (AvgIpc) is 3.31. The van der Waals surface area contributed by atoms with Crippen LogP contribution in [-0.4, -0.2) is 77.5 Å². The molecule has 6 rings (SSSR count). The first-order valence-electron chi connectivity index (χ1n) is 30.8. The van der Waals surface area contributed by atoms with Crippen molar-refractivity contribution in [3.05, 3.63) is 97.6 Å². The monoisotopic (exact) mass is 1200 g/mol. The number of anilines is 4. The van der Waals surface area contributed by atoms with Gasteiger partial charge >= 0.3 is 5.97 Å². The van der Waals surface area contributed by atoms with Gasteiger partial charge in [0.1, 0.15) is 22.9 Å². The summed E-state index contributed by atoms with van der Waals surface area (Å²) in [4.78, 5) is 74.0. The van der Waals surface area contributed by atoms with Gasteiger partial charge in [-0.3, -0.25) is 29.8 Å². The summed E-state index contributed by atoms with van der Waals surface area (Å²) in [6.45, 7) is 30.1. The van der Waals surface area contributed by atoms with Crippen molar-refractivity contribution in [2.45, 2.75) is 236 Å². The first-order valence-corrected chi connectivity index (χ1v) is 30.8. The standard InChI is InChI=1S/C21H32N2O3.C21H30N2O3.C21H34N2O.C4H8O2.2H2S/c2*1-15(2)14-22(19-8-6-5-7-9-19)20-11-10-18(13-21(20)23(25)26)16(3)12-17(4)24;1-15(2)14-23(19-8-6-5-7-9-19)21-11-10-18(13-20(21)22)16(3)12-17(4)24;1-3-6-4(2)5;;/h10-11,13,15-16,19H,5-9,12,14H2,1-4H3;10-13,15,19H,5-9,14H2,1-4H3;10-11,13,15-16,19H,5-9,12,14,22H2,1-4H3;3H2,1-2H3;2*1H2/b;16-12+;;;;/t16-;;16-;;;/m0.0.../s1. The molecule has 3 fully saturated rings. The second-order valence-corrected chi connectivity index (χ2v) is 24.8. The van der Waals surface area contributed by atoms with Gasteiger partial charge in [-0.05, 0) is 155 Å². The average molecular weight is 1210 g/mol. The number of benzene rings is 3. The van der Waals surface area contributed by atoms with Crippen molar-refractivity contribution in [2.75, 3.05) is 46.7 Å².